The van der Waals surface area contributed by atoms with Crippen LogP contribution in [0.2, 0.25) is 0 Å². The molecular weight excluding hydrogens is 176 g/mol. The third-order valence-corrected chi connectivity index (χ3v) is 3.76. The molecule has 2 atom stereocenters. The zero-order valence-corrected chi connectivity index (χ0v) is 9.05. The lowest BCUT2D eigenvalue weighted by Crippen LogP contribution is -2.38. The van der Waals surface area contributed by atoms with Crippen molar-refractivity contribution < 1.29 is 9.53 Å². The van der Waals surface area contributed by atoms with Crippen LogP contribution in [0.5, 0.6) is 0 Å². The number of rotatable bonds is 1. The van der Waals surface area contributed by atoms with E-state index in [1.54, 1.807) is 6.92 Å². The van der Waals surface area contributed by atoms with Crippen molar-refractivity contribution in [1.29, 1.82) is 0 Å². The van der Waals surface area contributed by atoms with Gasteiger partial charge in [-0.25, -0.2) is 0 Å². The molecule has 0 aromatic rings. The Morgan fingerprint density at radius 3 is 2.71 bits per heavy atom. The van der Waals surface area contributed by atoms with Crippen molar-refractivity contribution in [3.05, 3.63) is 0 Å². The predicted octanol–water partition coefficient (Wildman–Crippen LogP) is 3.05. The van der Waals surface area contributed by atoms with Gasteiger partial charge >= 0.3 is 5.97 Å². The maximum atomic E-state index is 11.1. The fraction of sp³-hybridized carbons (Fsp3) is 0.917. The Kier molecular flexibility index (Phi) is 2.80. The Morgan fingerprint density at radius 2 is 1.93 bits per heavy atom. The molecule has 0 spiro atoms. The van der Waals surface area contributed by atoms with Crippen LogP contribution < -0.4 is 0 Å². The van der Waals surface area contributed by atoms with E-state index in [0.29, 0.717) is 0 Å². The lowest BCUT2D eigenvalue weighted by Gasteiger charge is -2.38. The number of hydrogen-bond acceptors (Lipinski definition) is 2. The van der Waals surface area contributed by atoms with E-state index in [1.165, 1.54) is 32.1 Å². The highest BCUT2D eigenvalue weighted by molar-refractivity contribution is 5.66. The van der Waals surface area contributed by atoms with Gasteiger partial charge < -0.3 is 4.74 Å². The van der Waals surface area contributed by atoms with Crippen LogP contribution in [-0.2, 0) is 9.53 Å². The van der Waals surface area contributed by atoms with Gasteiger partial charge in [-0.1, -0.05) is 19.3 Å². The first-order valence-corrected chi connectivity index (χ1v) is 5.90. The van der Waals surface area contributed by atoms with E-state index in [9.17, 15) is 4.79 Å². The summed E-state index contributed by atoms with van der Waals surface area (Å²) in [4.78, 5) is 11.1. The van der Waals surface area contributed by atoms with Gasteiger partial charge in [-0.05, 0) is 38.0 Å². The number of carbonyl (C=O) groups excluding carboxylic acids is 1. The molecule has 0 aromatic carbocycles. The summed E-state index contributed by atoms with van der Waals surface area (Å²) in [5.74, 6) is 0.734. The summed E-state index contributed by atoms with van der Waals surface area (Å²) in [6, 6.07) is 0. The van der Waals surface area contributed by atoms with E-state index in [4.69, 9.17) is 4.74 Å². The first kappa shape index (κ1) is 10.0. The summed E-state index contributed by atoms with van der Waals surface area (Å²) >= 11 is 0. The van der Waals surface area contributed by atoms with Crippen LogP contribution in [0, 0.1) is 5.92 Å². The molecule has 14 heavy (non-hydrogen) atoms. The van der Waals surface area contributed by atoms with Gasteiger partial charge in [-0.15, -0.1) is 0 Å². The van der Waals surface area contributed by atoms with E-state index in [0.717, 1.165) is 25.2 Å². The zero-order chi connectivity index (χ0) is 10.0. The van der Waals surface area contributed by atoms with E-state index in [-0.39, 0.29) is 11.6 Å². The van der Waals surface area contributed by atoms with Gasteiger partial charge in [-0.2, -0.15) is 0 Å². The summed E-state index contributed by atoms with van der Waals surface area (Å²) in [6.45, 7) is 1.54. The maximum Gasteiger partial charge on any atom is 0.303 e. The summed E-state index contributed by atoms with van der Waals surface area (Å²) in [6.07, 6.45) is 9.85. The van der Waals surface area contributed by atoms with Crippen LogP contribution in [0.3, 0.4) is 0 Å². The van der Waals surface area contributed by atoms with Gasteiger partial charge in [-0.3, -0.25) is 4.79 Å². The molecule has 0 saturated heterocycles. The molecule has 2 heteroatoms. The minimum atomic E-state index is -0.0902. The van der Waals surface area contributed by atoms with Gasteiger partial charge in [0.2, 0.25) is 0 Å². The van der Waals surface area contributed by atoms with Crippen molar-refractivity contribution in [3.8, 4) is 0 Å². The Bertz CT molecular complexity index is 224. The van der Waals surface area contributed by atoms with Crippen molar-refractivity contribution in [3.63, 3.8) is 0 Å². The molecule has 0 N–H and O–H groups in total. The van der Waals surface area contributed by atoms with Crippen molar-refractivity contribution in [2.75, 3.05) is 0 Å². The first-order chi connectivity index (χ1) is 6.70. The summed E-state index contributed by atoms with van der Waals surface area (Å²) < 4.78 is 5.59. The fourth-order valence-electron chi connectivity index (χ4n) is 3.25. The molecule has 0 amide bonds. The average molecular weight is 196 g/mol. The maximum absolute atomic E-state index is 11.1. The minimum absolute atomic E-state index is 0.0642. The number of fused-ring (bicyclic) bond motifs is 2. The van der Waals surface area contributed by atoms with Crippen LogP contribution in [0.25, 0.3) is 0 Å². The topological polar surface area (TPSA) is 26.3 Å². The number of carbonyl (C=O) groups is 1. The second kappa shape index (κ2) is 3.92. The van der Waals surface area contributed by atoms with Crippen LogP contribution in [-0.4, -0.2) is 11.6 Å². The van der Waals surface area contributed by atoms with Gasteiger partial charge in [0, 0.05) is 6.92 Å². The number of esters is 1. The molecule has 0 aliphatic heterocycles. The summed E-state index contributed by atoms with van der Waals surface area (Å²) in [7, 11) is 0. The Balaban J connectivity index is 2.09. The molecular formula is C12H20O2. The van der Waals surface area contributed by atoms with Crippen LogP contribution in [0.15, 0.2) is 0 Å². The molecule has 2 nitrogen and oxygen atoms in total. The minimum Gasteiger partial charge on any atom is -0.459 e. The monoisotopic (exact) mass is 196 g/mol. The molecule has 2 bridgehead atoms. The molecule has 0 radical (unpaired) electrons. The smallest absolute Gasteiger partial charge is 0.303 e. The van der Waals surface area contributed by atoms with Crippen molar-refractivity contribution in [2.45, 2.75) is 63.9 Å². The molecule has 0 aromatic heterocycles. The summed E-state index contributed by atoms with van der Waals surface area (Å²) in [5.41, 5.74) is -0.0642. The van der Waals surface area contributed by atoms with E-state index < -0.39 is 0 Å². The summed E-state index contributed by atoms with van der Waals surface area (Å²) in [5, 5.41) is 0. The molecule has 80 valence electrons. The molecule has 0 heterocycles. The molecule has 2 saturated carbocycles. The van der Waals surface area contributed by atoms with Crippen molar-refractivity contribution in [1.82, 2.24) is 0 Å². The van der Waals surface area contributed by atoms with Gasteiger partial charge in [0.25, 0.3) is 0 Å². The SMILES string of the molecule is CC(=O)OC12CCCCC(CCC1)C2. The highest BCUT2D eigenvalue weighted by atomic mass is 16.6. The van der Waals surface area contributed by atoms with Crippen molar-refractivity contribution in [2.24, 2.45) is 5.92 Å². The van der Waals surface area contributed by atoms with Gasteiger partial charge in [0.05, 0.1) is 0 Å². The van der Waals surface area contributed by atoms with E-state index >= 15 is 0 Å². The van der Waals surface area contributed by atoms with Gasteiger partial charge in [0.1, 0.15) is 5.60 Å². The molecule has 2 aliphatic carbocycles. The van der Waals surface area contributed by atoms with Crippen LogP contribution in [0.4, 0.5) is 0 Å². The average Bonchev–Trinajstić information content (AvgIpc) is 2.24. The quantitative estimate of drug-likeness (QED) is 0.602. The normalized spacial score (nSPS) is 37.4. The van der Waals surface area contributed by atoms with E-state index in [1.807, 2.05) is 0 Å². The Labute approximate surface area is 86.0 Å². The second-order valence-electron chi connectivity index (χ2n) is 4.98. The van der Waals surface area contributed by atoms with Gasteiger partial charge in [0.15, 0.2) is 0 Å². The third kappa shape index (κ3) is 2.10. The standard InChI is InChI=1S/C12H20O2/c1-10(13)14-12-7-3-2-5-11(9-12)6-4-8-12/h11H,2-9H2,1H3. The Hall–Kier alpha value is -0.530. The number of hydrogen-bond donors (Lipinski definition) is 0. The largest absolute Gasteiger partial charge is 0.459 e. The lowest BCUT2D eigenvalue weighted by molar-refractivity contribution is -0.162. The second-order valence-corrected chi connectivity index (χ2v) is 4.98. The molecule has 2 unspecified atom stereocenters. The third-order valence-electron chi connectivity index (χ3n) is 3.76. The predicted molar refractivity (Wildman–Crippen MR) is 54.9 cm³/mol. The highest BCUT2D eigenvalue weighted by Gasteiger charge is 2.40. The van der Waals surface area contributed by atoms with Crippen LogP contribution in [0.1, 0.15) is 58.3 Å². The zero-order valence-electron chi connectivity index (χ0n) is 9.05. The molecule has 2 aliphatic rings. The first-order valence-electron chi connectivity index (χ1n) is 5.90. The molecule has 2 fully saturated rings. The fourth-order valence-corrected chi connectivity index (χ4v) is 3.25. The van der Waals surface area contributed by atoms with E-state index in [2.05, 4.69) is 0 Å². The van der Waals surface area contributed by atoms with Crippen molar-refractivity contribution >= 4 is 5.97 Å². The Morgan fingerprint density at radius 1 is 1.21 bits per heavy atom. The molecule has 2 rings (SSSR count). The lowest BCUT2D eigenvalue weighted by atomic mass is 9.77. The highest BCUT2D eigenvalue weighted by Crippen LogP contribution is 2.43. The van der Waals surface area contributed by atoms with Crippen LogP contribution >= 0.6 is 0 Å². The number of ether oxygens (including phenoxy) is 1.